The second-order valence-electron chi connectivity index (χ2n) is 8.14. The highest BCUT2D eigenvalue weighted by Crippen LogP contribution is 2.25. The van der Waals surface area contributed by atoms with Crippen LogP contribution >= 0.6 is 15.9 Å². The molecule has 2 heterocycles. The lowest BCUT2D eigenvalue weighted by Gasteiger charge is -2.34. The average molecular weight is 534 g/mol. The number of carbonyl (C=O) groups excluding carboxylic acids is 2. The zero-order chi connectivity index (χ0) is 23.6. The smallest absolute Gasteiger partial charge is 0.245 e. The van der Waals surface area contributed by atoms with Gasteiger partial charge in [-0.2, -0.15) is 9.82 Å². The molecular weight excluding hydrogens is 510 g/mol. The second-order valence-corrected chi connectivity index (χ2v) is 10.8. The quantitative estimate of drug-likeness (QED) is 0.449. The van der Waals surface area contributed by atoms with Crippen molar-refractivity contribution in [2.45, 2.75) is 18.9 Å². The van der Waals surface area contributed by atoms with E-state index in [4.69, 9.17) is 0 Å². The molecule has 1 saturated heterocycles. The molecule has 1 unspecified atom stereocenters. The zero-order valence-corrected chi connectivity index (χ0v) is 20.3. The Morgan fingerprint density at radius 3 is 2.52 bits per heavy atom. The van der Waals surface area contributed by atoms with E-state index in [9.17, 15) is 18.0 Å². The molecule has 1 aromatic heterocycles. The maximum atomic E-state index is 13.2. The normalized spacial score (nSPS) is 16.0. The van der Waals surface area contributed by atoms with Gasteiger partial charge in [-0.25, -0.2) is 8.42 Å². The maximum absolute atomic E-state index is 13.2. The maximum Gasteiger partial charge on any atom is 0.245 e. The molecule has 1 fully saturated rings. The van der Waals surface area contributed by atoms with Crippen molar-refractivity contribution in [2.24, 2.45) is 5.92 Å². The molecule has 0 spiro atoms. The van der Waals surface area contributed by atoms with Gasteiger partial charge in [0.05, 0.1) is 18.0 Å². The minimum absolute atomic E-state index is 0.0938. The number of amides is 2. The van der Waals surface area contributed by atoms with Crippen LogP contribution in [0.15, 0.2) is 53.1 Å². The molecule has 0 aliphatic carbocycles. The van der Waals surface area contributed by atoms with Crippen LogP contribution in [0.25, 0.3) is 10.9 Å². The molecule has 11 heteroatoms. The predicted octanol–water partition coefficient (Wildman–Crippen LogP) is 2.79. The number of halogens is 1. The lowest BCUT2D eigenvalue weighted by Crippen LogP contribution is -2.47. The Kier molecular flexibility index (Phi) is 6.82. The monoisotopic (exact) mass is 533 g/mol. The summed E-state index contributed by atoms with van der Waals surface area (Å²) in [5.74, 6) is -0.654. The van der Waals surface area contributed by atoms with Gasteiger partial charge in [-0.3, -0.25) is 14.7 Å². The number of benzene rings is 2. The molecule has 33 heavy (non-hydrogen) atoms. The Morgan fingerprint density at radius 2 is 1.85 bits per heavy atom. The number of anilines is 1. The van der Waals surface area contributed by atoms with Crippen molar-refractivity contribution in [3.8, 4) is 0 Å². The first-order chi connectivity index (χ1) is 15.7. The third-order valence-electron chi connectivity index (χ3n) is 5.67. The molecule has 3 aromatic rings. The van der Waals surface area contributed by atoms with E-state index >= 15 is 0 Å². The highest BCUT2D eigenvalue weighted by atomic mass is 79.9. The molecule has 174 valence electrons. The number of nitrogens with zero attached hydrogens (tertiary/aromatic N) is 2. The number of aromatic nitrogens is 2. The van der Waals surface area contributed by atoms with Gasteiger partial charge in [0.15, 0.2) is 0 Å². The van der Waals surface area contributed by atoms with Crippen molar-refractivity contribution >= 4 is 54.4 Å². The summed E-state index contributed by atoms with van der Waals surface area (Å²) in [6.45, 7) is 0.742. The molecule has 2 aromatic carbocycles. The summed E-state index contributed by atoms with van der Waals surface area (Å²) in [4.78, 5) is 27.6. The number of carbonyl (C=O) groups is 2. The SMILES string of the molecule is CS(=O)(=O)NC(C(=O)N1CCC(C(=O)Nc2ccc3[nH]ncc3c2)CC1)c1ccc(Br)cc1. The summed E-state index contributed by atoms with van der Waals surface area (Å²) in [5.41, 5.74) is 2.14. The van der Waals surface area contributed by atoms with Crippen LogP contribution in [0.3, 0.4) is 0 Å². The first-order valence-corrected chi connectivity index (χ1v) is 13.1. The van der Waals surface area contributed by atoms with Gasteiger partial charge in [0.25, 0.3) is 0 Å². The molecule has 1 aliphatic heterocycles. The van der Waals surface area contributed by atoms with E-state index in [0.29, 0.717) is 37.2 Å². The van der Waals surface area contributed by atoms with Crippen molar-refractivity contribution in [2.75, 3.05) is 24.7 Å². The predicted molar refractivity (Wildman–Crippen MR) is 129 cm³/mol. The number of sulfonamides is 1. The summed E-state index contributed by atoms with van der Waals surface area (Å²) in [7, 11) is -3.62. The Bertz CT molecular complexity index is 1270. The molecule has 0 bridgehead atoms. The fourth-order valence-electron chi connectivity index (χ4n) is 3.94. The minimum Gasteiger partial charge on any atom is -0.341 e. The number of hydrogen-bond donors (Lipinski definition) is 3. The van der Waals surface area contributed by atoms with E-state index in [1.54, 1.807) is 35.4 Å². The number of likely N-dealkylation sites (tertiary alicyclic amines) is 1. The van der Waals surface area contributed by atoms with E-state index < -0.39 is 16.1 Å². The van der Waals surface area contributed by atoms with Gasteiger partial charge in [-0.05, 0) is 48.7 Å². The first kappa shape index (κ1) is 23.4. The Labute approximate surface area is 200 Å². The van der Waals surface area contributed by atoms with Gasteiger partial charge < -0.3 is 10.2 Å². The van der Waals surface area contributed by atoms with Crippen molar-refractivity contribution in [3.05, 3.63) is 58.7 Å². The van der Waals surface area contributed by atoms with E-state index in [-0.39, 0.29) is 17.7 Å². The van der Waals surface area contributed by atoms with Crippen LogP contribution in [0.2, 0.25) is 0 Å². The molecule has 1 aliphatic rings. The van der Waals surface area contributed by atoms with E-state index in [1.165, 1.54) is 0 Å². The summed E-state index contributed by atoms with van der Waals surface area (Å²) in [5, 5.41) is 10.7. The number of H-pyrrole nitrogens is 1. The van der Waals surface area contributed by atoms with Gasteiger partial charge in [-0.1, -0.05) is 28.1 Å². The third kappa shape index (κ3) is 5.79. The highest BCUT2D eigenvalue weighted by Gasteiger charge is 2.33. The second kappa shape index (κ2) is 9.62. The topological polar surface area (TPSA) is 124 Å². The lowest BCUT2D eigenvalue weighted by atomic mass is 9.94. The molecule has 0 radical (unpaired) electrons. The molecule has 3 N–H and O–H groups in total. The molecular formula is C22H24BrN5O4S. The summed E-state index contributed by atoms with van der Waals surface area (Å²) in [6, 6.07) is 11.5. The van der Waals surface area contributed by atoms with Crippen LogP contribution in [-0.4, -0.2) is 54.7 Å². The van der Waals surface area contributed by atoms with E-state index in [1.807, 2.05) is 18.2 Å². The largest absolute Gasteiger partial charge is 0.341 e. The van der Waals surface area contributed by atoms with Gasteiger partial charge in [0.1, 0.15) is 6.04 Å². The summed E-state index contributed by atoms with van der Waals surface area (Å²) in [6.07, 6.45) is 3.72. The van der Waals surface area contributed by atoms with Crippen molar-refractivity contribution in [1.82, 2.24) is 19.8 Å². The summed E-state index contributed by atoms with van der Waals surface area (Å²) >= 11 is 3.35. The van der Waals surface area contributed by atoms with Crippen LogP contribution in [0.4, 0.5) is 5.69 Å². The number of fused-ring (bicyclic) bond motifs is 1. The Balaban J connectivity index is 1.40. The molecule has 2 amide bonds. The van der Waals surface area contributed by atoms with E-state index in [0.717, 1.165) is 21.6 Å². The van der Waals surface area contributed by atoms with Gasteiger partial charge >= 0.3 is 0 Å². The number of rotatable bonds is 6. The molecule has 1 atom stereocenters. The van der Waals surface area contributed by atoms with Crippen LogP contribution in [0, 0.1) is 5.92 Å². The first-order valence-electron chi connectivity index (χ1n) is 10.5. The Hall–Kier alpha value is -2.76. The number of piperidine rings is 1. The molecule has 9 nitrogen and oxygen atoms in total. The minimum atomic E-state index is -3.62. The van der Waals surface area contributed by atoms with Crippen LogP contribution < -0.4 is 10.0 Å². The molecule has 0 saturated carbocycles. The third-order valence-corrected chi connectivity index (χ3v) is 6.86. The average Bonchev–Trinajstić information content (AvgIpc) is 3.25. The van der Waals surface area contributed by atoms with Crippen molar-refractivity contribution in [3.63, 3.8) is 0 Å². The van der Waals surface area contributed by atoms with Crippen molar-refractivity contribution < 1.29 is 18.0 Å². The van der Waals surface area contributed by atoms with Crippen LogP contribution in [0.5, 0.6) is 0 Å². The highest BCUT2D eigenvalue weighted by molar-refractivity contribution is 9.10. The fourth-order valence-corrected chi connectivity index (χ4v) is 4.87. The van der Waals surface area contributed by atoms with Crippen LogP contribution in [-0.2, 0) is 19.6 Å². The standard InChI is InChI=1S/C22H24BrN5O4S/c1-33(31,32)27-20(14-2-4-17(23)5-3-14)22(30)28-10-8-15(9-11-28)21(29)25-18-6-7-19-16(12-18)13-24-26-19/h2-7,12-13,15,20,27H,8-11H2,1H3,(H,24,26)(H,25,29). The van der Waals surface area contributed by atoms with E-state index in [2.05, 4.69) is 36.2 Å². The van der Waals surface area contributed by atoms with Crippen molar-refractivity contribution in [1.29, 1.82) is 0 Å². The number of aromatic amines is 1. The Morgan fingerprint density at radius 1 is 1.15 bits per heavy atom. The van der Waals surface area contributed by atoms with Gasteiger partial charge in [-0.15, -0.1) is 0 Å². The van der Waals surface area contributed by atoms with Crippen LogP contribution in [0.1, 0.15) is 24.4 Å². The fraction of sp³-hybridized carbons (Fsp3) is 0.318. The summed E-state index contributed by atoms with van der Waals surface area (Å²) < 4.78 is 27.1. The number of hydrogen-bond acceptors (Lipinski definition) is 5. The molecule has 4 rings (SSSR count). The van der Waals surface area contributed by atoms with Gasteiger partial charge in [0.2, 0.25) is 21.8 Å². The lowest BCUT2D eigenvalue weighted by molar-refractivity contribution is -0.136. The van der Waals surface area contributed by atoms with Gasteiger partial charge in [0, 0.05) is 34.6 Å². The zero-order valence-electron chi connectivity index (χ0n) is 17.9. The number of nitrogens with one attached hydrogen (secondary N) is 3.